The summed E-state index contributed by atoms with van der Waals surface area (Å²) in [6.07, 6.45) is -0.808. The van der Waals surface area contributed by atoms with Crippen LogP contribution in [-0.4, -0.2) is 34.8 Å². The molecule has 0 spiro atoms. The number of nitrogens with zero attached hydrogens (tertiary/aromatic N) is 1. The lowest BCUT2D eigenvalue weighted by molar-refractivity contribution is -0.139. The Morgan fingerprint density at radius 1 is 1.25 bits per heavy atom. The monoisotopic (exact) mass is 271 g/mol. The molecule has 102 valence electrons. The van der Waals surface area contributed by atoms with Crippen LogP contribution in [0.1, 0.15) is 5.56 Å². The van der Waals surface area contributed by atoms with E-state index in [0.29, 0.717) is 6.42 Å². The highest BCUT2D eigenvalue weighted by Gasteiger charge is 2.37. The van der Waals surface area contributed by atoms with Gasteiger partial charge < -0.3 is 9.84 Å². The summed E-state index contributed by atoms with van der Waals surface area (Å²) in [4.78, 5) is 23.7. The first-order valence-electron chi connectivity index (χ1n) is 6.29. The van der Waals surface area contributed by atoms with Crippen molar-refractivity contribution < 1.29 is 19.4 Å². The number of hydrogen-bond donors (Lipinski definition) is 1. The zero-order chi connectivity index (χ0) is 14.1. The Kier molecular flexibility index (Phi) is 3.02. The fourth-order valence-electron chi connectivity index (χ4n) is 2.42. The highest BCUT2D eigenvalue weighted by Crippen LogP contribution is 2.20. The summed E-state index contributed by atoms with van der Waals surface area (Å²) in [7, 11) is 0. The summed E-state index contributed by atoms with van der Waals surface area (Å²) in [5, 5.41) is 11.2. The molecule has 0 saturated carbocycles. The number of esters is 1. The first-order chi connectivity index (χ1) is 9.65. The Hall–Kier alpha value is -2.56. The molecule has 0 unspecified atom stereocenters. The molecule has 2 aromatic rings. The summed E-state index contributed by atoms with van der Waals surface area (Å²) < 4.78 is 4.81. The van der Waals surface area contributed by atoms with Crippen molar-refractivity contribution in [3.05, 3.63) is 48.0 Å². The average molecular weight is 271 g/mol. The second-order valence-corrected chi connectivity index (χ2v) is 4.75. The third-order valence-corrected chi connectivity index (χ3v) is 3.48. The summed E-state index contributed by atoms with van der Waals surface area (Å²) in [6, 6.07) is 13.0. The molecule has 5 nitrogen and oxygen atoms in total. The van der Waals surface area contributed by atoms with Gasteiger partial charge in [0.15, 0.2) is 6.73 Å². The van der Waals surface area contributed by atoms with Crippen LogP contribution in [0, 0.1) is 0 Å². The predicted octanol–water partition coefficient (Wildman–Crippen LogP) is 2.25. The van der Waals surface area contributed by atoms with E-state index in [2.05, 4.69) is 0 Å². The molecule has 1 aliphatic rings. The molecule has 5 heteroatoms. The molecular weight excluding hydrogens is 258 g/mol. The highest BCUT2D eigenvalue weighted by molar-refractivity contribution is 5.85. The lowest BCUT2D eigenvalue weighted by Gasteiger charge is -2.16. The molecule has 1 amide bonds. The second kappa shape index (κ2) is 4.85. The molecule has 1 saturated heterocycles. The summed E-state index contributed by atoms with van der Waals surface area (Å²) in [5.41, 5.74) is 0.916. The predicted molar refractivity (Wildman–Crippen MR) is 72.3 cm³/mol. The fraction of sp³-hybridized carbons (Fsp3) is 0.200. The minimum atomic E-state index is -1.14. The van der Waals surface area contributed by atoms with Gasteiger partial charge in [0.2, 0.25) is 0 Å². The normalized spacial score (nSPS) is 18.3. The molecule has 0 aliphatic carbocycles. The molecule has 0 bridgehead atoms. The zero-order valence-corrected chi connectivity index (χ0v) is 10.7. The van der Waals surface area contributed by atoms with Crippen LogP contribution in [0.2, 0.25) is 0 Å². The minimum absolute atomic E-state index is 0.188. The van der Waals surface area contributed by atoms with E-state index in [9.17, 15) is 9.59 Å². The zero-order valence-electron chi connectivity index (χ0n) is 10.7. The van der Waals surface area contributed by atoms with Crippen molar-refractivity contribution in [3.63, 3.8) is 0 Å². The van der Waals surface area contributed by atoms with Gasteiger partial charge >= 0.3 is 12.1 Å². The summed E-state index contributed by atoms with van der Waals surface area (Å²) in [5.74, 6) is -0.486. The lowest BCUT2D eigenvalue weighted by Crippen LogP contribution is -2.38. The molecule has 0 radical (unpaired) electrons. The van der Waals surface area contributed by atoms with E-state index in [-0.39, 0.29) is 6.73 Å². The van der Waals surface area contributed by atoms with E-state index < -0.39 is 18.1 Å². The Morgan fingerprint density at radius 2 is 2.00 bits per heavy atom. The van der Waals surface area contributed by atoms with Crippen LogP contribution < -0.4 is 0 Å². The van der Waals surface area contributed by atoms with Crippen molar-refractivity contribution >= 4 is 22.8 Å². The molecule has 0 aromatic heterocycles. The maximum atomic E-state index is 11.6. The van der Waals surface area contributed by atoms with Crippen molar-refractivity contribution in [1.29, 1.82) is 0 Å². The van der Waals surface area contributed by atoms with Crippen LogP contribution in [0.15, 0.2) is 42.5 Å². The first kappa shape index (κ1) is 12.5. The Balaban J connectivity index is 1.88. The van der Waals surface area contributed by atoms with E-state index >= 15 is 0 Å². The number of carbonyl (C=O) groups is 2. The Morgan fingerprint density at radius 3 is 2.75 bits per heavy atom. The van der Waals surface area contributed by atoms with Gasteiger partial charge in [-0.3, -0.25) is 4.90 Å². The van der Waals surface area contributed by atoms with E-state index in [1.165, 1.54) is 0 Å². The average Bonchev–Trinajstić information content (AvgIpc) is 2.80. The smallest absolute Gasteiger partial charge is 0.410 e. The van der Waals surface area contributed by atoms with Crippen LogP contribution in [0.3, 0.4) is 0 Å². The van der Waals surface area contributed by atoms with Gasteiger partial charge in [-0.05, 0) is 16.3 Å². The van der Waals surface area contributed by atoms with Crippen molar-refractivity contribution in [1.82, 2.24) is 4.90 Å². The van der Waals surface area contributed by atoms with Crippen LogP contribution in [0.25, 0.3) is 10.8 Å². The molecule has 1 fully saturated rings. The second-order valence-electron chi connectivity index (χ2n) is 4.75. The molecule has 1 aliphatic heterocycles. The molecule has 1 heterocycles. The lowest BCUT2D eigenvalue weighted by atomic mass is 10.0. The molecular formula is C15H13NO4. The van der Waals surface area contributed by atoms with Crippen LogP contribution in [0.5, 0.6) is 0 Å². The topological polar surface area (TPSA) is 66.8 Å². The van der Waals surface area contributed by atoms with Crippen molar-refractivity contribution in [2.24, 2.45) is 0 Å². The molecule has 1 atom stereocenters. The van der Waals surface area contributed by atoms with E-state index in [4.69, 9.17) is 9.84 Å². The maximum Gasteiger partial charge on any atom is 0.410 e. The van der Waals surface area contributed by atoms with E-state index in [1.807, 2.05) is 42.5 Å². The Labute approximate surface area is 115 Å². The minimum Gasteiger partial charge on any atom is -0.465 e. The Bertz CT molecular complexity index is 682. The molecule has 2 aromatic carbocycles. The van der Waals surface area contributed by atoms with Gasteiger partial charge in [-0.1, -0.05) is 42.5 Å². The number of amides is 1. The van der Waals surface area contributed by atoms with Gasteiger partial charge in [-0.25, -0.2) is 9.59 Å². The van der Waals surface area contributed by atoms with Crippen LogP contribution in [0.4, 0.5) is 4.79 Å². The first-order valence-corrected chi connectivity index (χ1v) is 6.29. The molecule has 3 rings (SSSR count). The maximum absolute atomic E-state index is 11.6. The number of fused-ring (bicyclic) bond motifs is 1. The van der Waals surface area contributed by atoms with Gasteiger partial charge in [0.1, 0.15) is 6.04 Å². The molecule has 20 heavy (non-hydrogen) atoms. The number of benzene rings is 2. The highest BCUT2D eigenvalue weighted by atomic mass is 16.6. The largest absolute Gasteiger partial charge is 0.465 e. The number of carbonyl (C=O) groups excluding carboxylic acids is 1. The number of carboxylic acid groups (broad SMARTS) is 1. The third kappa shape index (κ3) is 2.18. The van der Waals surface area contributed by atoms with E-state index in [0.717, 1.165) is 21.2 Å². The van der Waals surface area contributed by atoms with Crippen molar-refractivity contribution in [2.45, 2.75) is 12.5 Å². The van der Waals surface area contributed by atoms with Crippen LogP contribution >= 0.6 is 0 Å². The van der Waals surface area contributed by atoms with Crippen molar-refractivity contribution in [2.75, 3.05) is 6.73 Å². The fourth-order valence-corrected chi connectivity index (χ4v) is 2.42. The van der Waals surface area contributed by atoms with Crippen molar-refractivity contribution in [3.8, 4) is 0 Å². The SMILES string of the molecule is O=C1OCN(C(=O)O)[C@H]1Cc1ccc2ccccc2c1. The summed E-state index contributed by atoms with van der Waals surface area (Å²) >= 11 is 0. The number of hydrogen-bond acceptors (Lipinski definition) is 3. The third-order valence-electron chi connectivity index (χ3n) is 3.48. The number of cyclic esters (lactones) is 1. The van der Waals surface area contributed by atoms with Gasteiger partial charge in [0, 0.05) is 6.42 Å². The molecule has 1 N–H and O–H groups in total. The van der Waals surface area contributed by atoms with Gasteiger partial charge in [0.25, 0.3) is 0 Å². The summed E-state index contributed by atoms with van der Waals surface area (Å²) in [6.45, 7) is -0.188. The van der Waals surface area contributed by atoms with Crippen LogP contribution in [-0.2, 0) is 16.0 Å². The van der Waals surface area contributed by atoms with Gasteiger partial charge in [0.05, 0.1) is 0 Å². The van der Waals surface area contributed by atoms with Gasteiger partial charge in [-0.2, -0.15) is 0 Å². The van der Waals surface area contributed by atoms with E-state index in [1.54, 1.807) is 0 Å². The number of ether oxygens (including phenoxy) is 1. The number of rotatable bonds is 2. The standard InChI is InChI=1S/C15H13NO4/c17-14-13(16(9-20-14)15(18)19)8-10-5-6-11-3-1-2-4-12(11)7-10/h1-7,13H,8-9H2,(H,18,19)/t13-/m0/s1. The quantitative estimate of drug-likeness (QED) is 0.851. The van der Waals surface area contributed by atoms with Gasteiger partial charge in [-0.15, -0.1) is 0 Å².